The van der Waals surface area contributed by atoms with E-state index in [-0.39, 0.29) is 5.75 Å². The van der Waals surface area contributed by atoms with Crippen LogP contribution in [-0.2, 0) is 0 Å². The molecule has 0 amide bonds. The van der Waals surface area contributed by atoms with Gasteiger partial charge in [-0.15, -0.1) is 0 Å². The minimum atomic E-state index is -2.88. The van der Waals surface area contributed by atoms with E-state index in [1.165, 1.54) is 18.2 Å². The van der Waals surface area contributed by atoms with Gasteiger partial charge in [-0.2, -0.15) is 8.78 Å². The Kier molecular flexibility index (Phi) is 4.50. The quantitative estimate of drug-likeness (QED) is 0.637. The second-order valence-corrected chi connectivity index (χ2v) is 4.87. The van der Waals surface area contributed by atoms with Crippen molar-refractivity contribution in [3.63, 3.8) is 0 Å². The normalized spacial score (nSPS) is 10.8. The highest BCUT2D eigenvalue weighted by molar-refractivity contribution is 6.44. The monoisotopic (exact) mass is 322 g/mol. The first kappa shape index (κ1) is 14.4. The van der Waals surface area contributed by atoms with E-state index >= 15 is 0 Å². The van der Waals surface area contributed by atoms with E-state index in [0.717, 1.165) is 0 Å². The van der Waals surface area contributed by atoms with Gasteiger partial charge in [0, 0.05) is 10.6 Å². The van der Waals surface area contributed by atoms with Crippen molar-refractivity contribution < 1.29 is 13.5 Å². The Labute approximate surface area is 123 Å². The van der Waals surface area contributed by atoms with Gasteiger partial charge in [0.2, 0.25) is 0 Å². The fraction of sp³-hybridized carbons (Fsp3) is 0.0769. The highest BCUT2D eigenvalue weighted by Gasteiger charge is 2.10. The van der Waals surface area contributed by atoms with E-state index in [0.29, 0.717) is 26.2 Å². The molecule has 0 heterocycles. The third kappa shape index (κ3) is 3.50. The van der Waals surface area contributed by atoms with Crippen molar-refractivity contribution in [2.24, 2.45) is 0 Å². The Hall–Kier alpha value is -1.03. The Morgan fingerprint density at radius 1 is 0.895 bits per heavy atom. The number of alkyl halides is 2. The summed E-state index contributed by atoms with van der Waals surface area (Å²) in [6.45, 7) is -2.88. The third-order valence-electron chi connectivity index (χ3n) is 2.38. The zero-order chi connectivity index (χ0) is 14.0. The van der Waals surface area contributed by atoms with Crippen molar-refractivity contribution in [1.29, 1.82) is 0 Å². The van der Waals surface area contributed by atoms with Crippen LogP contribution in [0.5, 0.6) is 5.75 Å². The molecular formula is C13H7Cl3F2O. The maximum atomic E-state index is 12.2. The van der Waals surface area contributed by atoms with Crippen molar-refractivity contribution in [3.05, 3.63) is 51.5 Å². The van der Waals surface area contributed by atoms with E-state index in [1.807, 2.05) is 0 Å². The molecule has 0 spiro atoms. The van der Waals surface area contributed by atoms with E-state index in [9.17, 15) is 8.78 Å². The minimum Gasteiger partial charge on any atom is -0.435 e. The highest BCUT2D eigenvalue weighted by Crippen LogP contribution is 2.36. The SMILES string of the molecule is FC(F)Oc1cccc(-c2cc(Cl)c(Cl)cc2Cl)c1. The van der Waals surface area contributed by atoms with Crippen LogP contribution in [-0.4, -0.2) is 6.61 Å². The zero-order valence-corrected chi connectivity index (χ0v) is 11.6. The first-order valence-electron chi connectivity index (χ1n) is 5.17. The molecule has 2 aromatic rings. The summed E-state index contributed by atoms with van der Waals surface area (Å²) in [5, 5.41) is 1.04. The summed E-state index contributed by atoms with van der Waals surface area (Å²) < 4.78 is 28.7. The highest BCUT2D eigenvalue weighted by atomic mass is 35.5. The maximum absolute atomic E-state index is 12.2. The molecule has 0 aliphatic rings. The maximum Gasteiger partial charge on any atom is 0.387 e. The lowest BCUT2D eigenvalue weighted by Gasteiger charge is -2.09. The molecule has 6 heteroatoms. The van der Waals surface area contributed by atoms with Gasteiger partial charge in [-0.25, -0.2) is 0 Å². The van der Waals surface area contributed by atoms with E-state index < -0.39 is 6.61 Å². The Bertz CT molecular complexity index is 602. The fourth-order valence-electron chi connectivity index (χ4n) is 1.58. The number of hydrogen-bond donors (Lipinski definition) is 0. The Morgan fingerprint density at radius 2 is 1.58 bits per heavy atom. The molecule has 0 aromatic heterocycles. The molecule has 0 aliphatic heterocycles. The Morgan fingerprint density at radius 3 is 2.26 bits per heavy atom. The number of halogens is 5. The summed E-state index contributed by atoms with van der Waals surface area (Å²) in [5.74, 6) is 0.0506. The molecule has 19 heavy (non-hydrogen) atoms. The van der Waals surface area contributed by atoms with Crippen LogP contribution in [0, 0.1) is 0 Å². The van der Waals surface area contributed by atoms with Gasteiger partial charge < -0.3 is 4.74 Å². The molecule has 0 bridgehead atoms. The Balaban J connectivity index is 2.44. The van der Waals surface area contributed by atoms with Gasteiger partial charge in [0.1, 0.15) is 5.75 Å². The lowest BCUT2D eigenvalue weighted by molar-refractivity contribution is -0.0498. The van der Waals surface area contributed by atoms with Gasteiger partial charge >= 0.3 is 6.61 Å². The van der Waals surface area contributed by atoms with E-state index in [2.05, 4.69) is 4.74 Å². The number of benzene rings is 2. The largest absolute Gasteiger partial charge is 0.435 e. The summed E-state index contributed by atoms with van der Waals surface area (Å²) in [6, 6.07) is 9.27. The van der Waals surface area contributed by atoms with Crippen LogP contribution in [0.3, 0.4) is 0 Å². The van der Waals surface area contributed by atoms with Crippen molar-refractivity contribution in [3.8, 4) is 16.9 Å². The van der Waals surface area contributed by atoms with Crippen molar-refractivity contribution in [2.75, 3.05) is 0 Å². The summed E-state index contributed by atoms with van der Waals surface area (Å²) in [4.78, 5) is 0. The second kappa shape index (κ2) is 5.95. The topological polar surface area (TPSA) is 9.23 Å². The first-order chi connectivity index (χ1) is 8.97. The average molecular weight is 324 g/mol. The summed E-state index contributed by atoms with van der Waals surface area (Å²) in [5.41, 5.74) is 1.21. The molecule has 0 saturated heterocycles. The molecule has 0 radical (unpaired) electrons. The lowest BCUT2D eigenvalue weighted by Crippen LogP contribution is -2.01. The van der Waals surface area contributed by atoms with Crippen LogP contribution in [0.2, 0.25) is 15.1 Å². The smallest absolute Gasteiger partial charge is 0.387 e. The lowest BCUT2D eigenvalue weighted by atomic mass is 10.1. The summed E-state index contributed by atoms with van der Waals surface area (Å²) >= 11 is 17.8. The molecule has 0 atom stereocenters. The fourth-order valence-corrected chi connectivity index (χ4v) is 2.24. The third-order valence-corrected chi connectivity index (χ3v) is 3.42. The molecule has 0 unspecified atom stereocenters. The van der Waals surface area contributed by atoms with Crippen LogP contribution in [0.15, 0.2) is 36.4 Å². The van der Waals surface area contributed by atoms with E-state index in [4.69, 9.17) is 34.8 Å². The van der Waals surface area contributed by atoms with Gasteiger partial charge in [0.25, 0.3) is 0 Å². The average Bonchev–Trinajstić information content (AvgIpc) is 2.33. The van der Waals surface area contributed by atoms with Gasteiger partial charge in [-0.3, -0.25) is 0 Å². The van der Waals surface area contributed by atoms with Gasteiger partial charge in [0.05, 0.1) is 10.0 Å². The molecule has 0 aliphatic carbocycles. The molecule has 2 aromatic carbocycles. The van der Waals surface area contributed by atoms with E-state index in [1.54, 1.807) is 18.2 Å². The van der Waals surface area contributed by atoms with Crippen LogP contribution >= 0.6 is 34.8 Å². The predicted molar refractivity (Wildman–Crippen MR) is 73.5 cm³/mol. The molecule has 0 fully saturated rings. The van der Waals surface area contributed by atoms with Gasteiger partial charge in [-0.05, 0) is 29.8 Å². The summed E-state index contributed by atoms with van der Waals surface area (Å²) in [7, 11) is 0. The van der Waals surface area contributed by atoms with Crippen LogP contribution in [0.25, 0.3) is 11.1 Å². The number of rotatable bonds is 3. The summed E-state index contributed by atoms with van der Waals surface area (Å²) in [6.07, 6.45) is 0. The van der Waals surface area contributed by atoms with Crippen LogP contribution < -0.4 is 4.74 Å². The minimum absolute atomic E-state index is 0.0506. The predicted octanol–water partition coefficient (Wildman–Crippen LogP) is 5.92. The molecule has 0 saturated carbocycles. The molecule has 0 N–H and O–H groups in total. The molecule has 1 nitrogen and oxygen atoms in total. The molecular weight excluding hydrogens is 316 g/mol. The standard InChI is InChI=1S/C13H7Cl3F2O/c14-10-6-12(16)11(15)5-9(10)7-2-1-3-8(4-7)19-13(17)18/h1-6,13H. The van der Waals surface area contributed by atoms with Crippen LogP contribution in [0.4, 0.5) is 8.78 Å². The van der Waals surface area contributed by atoms with Crippen molar-refractivity contribution >= 4 is 34.8 Å². The van der Waals surface area contributed by atoms with Crippen molar-refractivity contribution in [2.45, 2.75) is 6.61 Å². The first-order valence-corrected chi connectivity index (χ1v) is 6.30. The van der Waals surface area contributed by atoms with Crippen LogP contribution in [0.1, 0.15) is 0 Å². The molecule has 100 valence electrons. The van der Waals surface area contributed by atoms with Crippen molar-refractivity contribution in [1.82, 2.24) is 0 Å². The zero-order valence-electron chi connectivity index (χ0n) is 9.34. The van der Waals surface area contributed by atoms with Gasteiger partial charge in [-0.1, -0.05) is 46.9 Å². The second-order valence-electron chi connectivity index (χ2n) is 3.65. The number of hydrogen-bond acceptors (Lipinski definition) is 1. The molecule has 2 rings (SSSR count). The van der Waals surface area contributed by atoms with Gasteiger partial charge in [0.15, 0.2) is 0 Å². The number of ether oxygens (including phenoxy) is 1.